The SMILES string of the molecule is Oc1ccc2c(c1)CCC2Nc1ccc(F)c(Br)c1. The van der Waals surface area contributed by atoms with Crippen LogP contribution in [0.15, 0.2) is 40.9 Å². The van der Waals surface area contributed by atoms with Gasteiger partial charge in [0.05, 0.1) is 10.5 Å². The van der Waals surface area contributed by atoms with Gasteiger partial charge in [0, 0.05) is 5.69 Å². The largest absolute Gasteiger partial charge is 0.508 e. The third-order valence-electron chi connectivity index (χ3n) is 3.46. The molecule has 2 N–H and O–H groups in total. The molecule has 1 aliphatic rings. The fourth-order valence-electron chi connectivity index (χ4n) is 2.54. The highest BCUT2D eigenvalue weighted by atomic mass is 79.9. The van der Waals surface area contributed by atoms with Crippen molar-refractivity contribution in [1.29, 1.82) is 0 Å². The molecule has 1 atom stereocenters. The summed E-state index contributed by atoms with van der Waals surface area (Å²) in [6, 6.07) is 10.6. The average molecular weight is 322 g/mol. The zero-order chi connectivity index (χ0) is 13.4. The first-order valence-electron chi connectivity index (χ1n) is 6.17. The lowest BCUT2D eigenvalue weighted by Crippen LogP contribution is -2.07. The van der Waals surface area contributed by atoms with Crippen LogP contribution < -0.4 is 5.32 Å². The lowest BCUT2D eigenvalue weighted by atomic mass is 10.1. The molecular formula is C15H13BrFNO. The van der Waals surface area contributed by atoms with E-state index in [9.17, 15) is 9.50 Å². The molecule has 2 aromatic rings. The molecule has 0 bridgehead atoms. The summed E-state index contributed by atoms with van der Waals surface area (Å²) in [5.41, 5.74) is 3.27. The van der Waals surface area contributed by atoms with Gasteiger partial charge in [0.15, 0.2) is 0 Å². The highest BCUT2D eigenvalue weighted by Crippen LogP contribution is 2.36. The topological polar surface area (TPSA) is 32.3 Å². The minimum Gasteiger partial charge on any atom is -0.508 e. The fraction of sp³-hybridized carbons (Fsp3) is 0.200. The van der Waals surface area contributed by atoms with Crippen molar-refractivity contribution in [1.82, 2.24) is 0 Å². The first-order valence-corrected chi connectivity index (χ1v) is 6.96. The number of aromatic hydroxyl groups is 1. The second-order valence-corrected chi connectivity index (χ2v) is 5.60. The zero-order valence-corrected chi connectivity index (χ0v) is 11.7. The minimum atomic E-state index is -0.262. The summed E-state index contributed by atoms with van der Waals surface area (Å²) in [4.78, 5) is 0. The molecule has 98 valence electrons. The van der Waals surface area contributed by atoms with Gasteiger partial charge in [0.2, 0.25) is 0 Å². The van der Waals surface area contributed by atoms with Gasteiger partial charge in [-0.2, -0.15) is 0 Å². The Morgan fingerprint density at radius 3 is 2.84 bits per heavy atom. The van der Waals surface area contributed by atoms with Crippen molar-refractivity contribution < 1.29 is 9.50 Å². The number of phenolic OH excluding ortho intramolecular Hbond substituents is 1. The molecule has 4 heteroatoms. The van der Waals surface area contributed by atoms with Gasteiger partial charge in [-0.1, -0.05) is 6.07 Å². The van der Waals surface area contributed by atoms with E-state index >= 15 is 0 Å². The Balaban J connectivity index is 1.84. The summed E-state index contributed by atoms with van der Waals surface area (Å²) < 4.78 is 13.7. The number of anilines is 1. The summed E-state index contributed by atoms with van der Waals surface area (Å²) in [7, 11) is 0. The number of fused-ring (bicyclic) bond motifs is 1. The van der Waals surface area contributed by atoms with Gasteiger partial charge in [-0.3, -0.25) is 0 Å². The highest BCUT2D eigenvalue weighted by molar-refractivity contribution is 9.10. The maximum Gasteiger partial charge on any atom is 0.137 e. The Hall–Kier alpha value is -1.55. The number of nitrogens with one attached hydrogen (secondary N) is 1. The van der Waals surface area contributed by atoms with Crippen LogP contribution in [-0.2, 0) is 6.42 Å². The monoisotopic (exact) mass is 321 g/mol. The number of phenols is 1. The maximum absolute atomic E-state index is 13.2. The molecule has 2 aromatic carbocycles. The Bertz CT molecular complexity index is 630. The lowest BCUT2D eigenvalue weighted by molar-refractivity contribution is 0.474. The van der Waals surface area contributed by atoms with Crippen LogP contribution in [0.3, 0.4) is 0 Å². The van der Waals surface area contributed by atoms with Crippen molar-refractivity contribution in [3.8, 4) is 5.75 Å². The molecule has 19 heavy (non-hydrogen) atoms. The maximum atomic E-state index is 13.2. The summed E-state index contributed by atoms with van der Waals surface area (Å²) in [5.74, 6) is 0.0474. The summed E-state index contributed by atoms with van der Waals surface area (Å²) >= 11 is 3.19. The number of benzene rings is 2. The van der Waals surface area contributed by atoms with E-state index < -0.39 is 0 Å². The number of hydrogen-bond acceptors (Lipinski definition) is 2. The van der Waals surface area contributed by atoms with Crippen molar-refractivity contribution >= 4 is 21.6 Å². The number of hydrogen-bond donors (Lipinski definition) is 2. The predicted octanol–water partition coefficient (Wildman–Crippen LogP) is 4.39. The van der Waals surface area contributed by atoms with E-state index in [1.54, 1.807) is 18.2 Å². The van der Waals surface area contributed by atoms with Crippen LogP contribution in [0.1, 0.15) is 23.6 Å². The molecule has 0 heterocycles. The standard InChI is InChI=1S/C15H13BrFNO/c16-13-8-10(2-5-14(13)17)18-15-6-1-9-7-11(19)3-4-12(9)15/h2-5,7-8,15,18-19H,1,6H2. The first-order chi connectivity index (χ1) is 9.13. The van der Waals surface area contributed by atoms with E-state index in [0.29, 0.717) is 10.2 Å². The van der Waals surface area contributed by atoms with Crippen molar-refractivity contribution in [2.75, 3.05) is 5.32 Å². The average Bonchev–Trinajstić information content (AvgIpc) is 2.76. The van der Waals surface area contributed by atoms with Crippen molar-refractivity contribution in [3.05, 3.63) is 57.8 Å². The van der Waals surface area contributed by atoms with E-state index in [1.165, 1.54) is 17.2 Å². The molecule has 0 aromatic heterocycles. The predicted molar refractivity (Wildman–Crippen MR) is 76.9 cm³/mol. The number of aryl methyl sites for hydroxylation is 1. The summed E-state index contributed by atoms with van der Waals surface area (Å²) in [6.07, 6.45) is 1.93. The van der Waals surface area contributed by atoms with Gasteiger partial charge in [-0.25, -0.2) is 4.39 Å². The molecule has 0 fully saturated rings. The number of rotatable bonds is 2. The Morgan fingerprint density at radius 2 is 2.05 bits per heavy atom. The van der Waals surface area contributed by atoms with Crippen LogP contribution in [0.4, 0.5) is 10.1 Å². The van der Waals surface area contributed by atoms with Gasteiger partial charge in [-0.15, -0.1) is 0 Å². The molecule has 2 nitrogen and oxygen atoms in total. The quantitative estimate of drug-likeness (QED) is 0.859. The fourth-order valence-corrected chi connectivity index (χ4v) is 2.92. The van der Waals surface area contributed by atoms with Gasteiger partial charge in [0.25, 0.3) is 0 Å². The molecule has 1 aliphatic carbocycles. The van der Waals surface area contributed by atoms with Gasteiger partial charge < -0.3 is 10.4 Å². The second kappa shape index (κ2) is 4.85. The molecule has 0 spiro atoms. The van der Waals surface area contributed by atoms with Crippen LogP contribution in [0.5, 0.6) is 5.75 Å². The van der Waals surface area contributed by atoms with E-state index in [-0.39, 0.29) is 11.9 Å². The smallest absolute Gasteiger partial charge is 0.137 e. The lowest BCUT2D eigenvalue weighted by Gasteiger charge is -2.16. The van der Waals surface area contributed by atoms with Gasteiger partial charge in [0.1, 0.15) is 11.6 Å². The molecule has 0 radical (unpaired) electrons. The molecular weight excluding hydrogens is 309 g/mol. The first kappa shape index (κ1) is 12.5. The van der Waals surface area contributed by atoms with E-state index in [4.69, 9.17) is 0 Å². The van der Waals surface area contributed by atoms with E-state index in [0.717, 1.165) is 18.5 Å². The molecule has 3 rings (SSSR count). The number of halogens is 2. The summed E-state index contributed by atoms with van der Waals surface area (Å²) in [6.45, 7) is 0. The highest BCUT2D eigenvalue weighted by Gasteiger charge is 2.22. The van der Waals surface area contributed by atoms with Gasteiger partial charge in [-0.05, 0) is 70.2 Å². The van der Waals surface area contributed by atoms with Crippen LogP contribution in [0.2, 0.25) is 0 Å². The zero-order valence-electron chi connectivity index (χ0n) is 10.2. The molecule has 1 unspecified atom stereocenters. The van der Waals surface area contributed by atoms with Crippen molar-refractivity contribution in [2.45, 2.75) is 18.9 Å². The van der Waals surface area contributed by atoms with E-state index in [1.807, 2.05) is 12.1 Å². The Labute approximate surface area is 119 Å². The molecule has 0 aliphatic heterocycles. The Morgan fingerprint density at radius 1 is 1.21 bits per heavy atom. The second-order valence-electron chi connectivity index (χ2n) is 4.75. The third-order valence-corrected chi connectivity index (χ3v) is 4.07. The van der Waals surface area contributed by atoms with Crippen molar-refractivity contribution in [2.24, 2.45) is 0 Å². The van der Waals surface area contributed by atoms with Crippen LogP contribution in [0.25, 0.3) is 0 Å². The van der Waals surface area contributed by atoms with Crippen LogP contribution >= 0.6 is 15.9 Å². The van der Waals surface area contributed by atoms with E-state index in [2.05, 4.69) is 21.2 Å². The minimum absolute atomic E-state index is 0.216. The van der Waals surface area contributed by atoms with Crippen LogP contribution in [-0.4, -0.2) is 5.11 Å². The normalized spacial score (nSPS) is 17.3. The van der Waals surface area contributed by atoms with Gasteiger partial charge >= 0.3 is 0 Å². The molecule has 0 saturated heterocycles. The summed E-state index contributed by atoms with van der Waals surface area (Å²) in [5, 5.41) is 12.9. The Kier molecular flexibility index (Phi) is 3.19. The van der Waals surface area contributed by atoms with Crippen LogP contribution in [0, 0.1) is 5.82 Å². The molecule has 0 saturated carbocycles. The molecule has 0 amide bonds. The van der Waals surface area contributed by atoms with Crippen molar-refractivity contribution in [3.63, 3.8) is 0 Å². The third kappa shape index (κ3) is 2.45.